The molecule has 2 N–H and O–H groups in total. The van der Waals surface area contributed by atoms with Gasteiger partial charge in [0, 0.05) is 12.2 Å². The number of fused-ring (bicyclic) bond motifs is 2. The third-order valence-corrected chi connectivity index (χ3v) is 4.09. The number of rotatable bonds is 0. The van der Waals surface area contributed by atoms with Gasteiger partial charge in [0.25, 0.3) is 0 Å². The number of benzene rings is 1. The molecule has 0 bridgehead atoms. The fourth-order valence-electron chi connectivity index (χ4n) is 3.11. The van der Waals surface area contributed by atoms with E-state index >= 15 is 0 Å². The molecular formula is C16H22N2O2. The van der Waals surface area contributed by atoms with Gasteiger partial charge in [0.15, 0.2) is 0 Å². The van der Waals surface area contributed by atoms with Crippen molar-refractivity contribution >= 4 is 11.8 Å². The smallest absolute Gasteiger partial charge is 0.411 e. The summed E-state index contributed by atoms with van der Waals surface area (Å²) in [5.74, 6) is 0. The maximum absolute atomic E-state index is 12.4. The molecule has 0 unspecified atom stereocenters. The van der Waals surface area contributed by atoms with Crippen LogP contribution in [0.5, 0.6) is 0 Å². The number of hydrogen-bond donors (Lipinski definition) is 1. The standard InChI is InChI=1S/C16H22N2O2/c1-15(2,3)20-14(19)18-9-6-11-10-12(17)4-5-13(11)16(18)7-8-16/h4-5,10H,6-9,17H2,1-3H3. The number of nitrogens with two attached hydrogens (primary N) is 1. The Hall–Kier alpha value is -1.71. The molecule has 1 amide bonds. The van der Waals surface area contributed by atoms with Crippen LogP contribution < -0.4 is 5.73 Å². The number of amides is 1. The lowest BCUT2D eigenvalue weighted by molar-refractivity contribution is 0.0104. The minimum absolute atomic E-state index is 0.135. The number of carbonyl (C=O) groups excluding carboxylic acids is 1. The third-order valence-electron chi connectivity index (χ3n) is 4.09. The summed E-state index contributed by atoms with van der Waals surface area (Å²) in [5, 5.41) is 0. The van der Waals surface area contributed by atoms with Gasteiger partial charge in [-0.15, -0.1) is 0 Å². The molecule has 3 rings (SSSR count). The van der Waals surface area contributed by atoms with E-state index in [1.165, 1.54) is 11.1 Å². The van der Waals surface area contributed by atoms with Gasteiger partial charge >= 0.3 is 6.09 Å². The molecule has 2 aliphatic rings. The molecule has 0 atom stereocenters. The molecule has 20 heavy (non-hydrogen) atoms. The number of hydrogen-bond acceptors (Lipinski definition) is 3. The fraction of sp³-hybridized carbons (Fsp3) is 0.562. The molecule has 4 heteroatoms. The van der Waals surface area contributed by atoms with Gasteiger partial charge in [0.1, 0.15) is 5.60 Å². The number of carbonyl (C=O) groups is 1. The van der Waals surface area contributed by atoms with Crippen LogP contribution in [0.2, 0.25) is 0 Å². The molecule has 1 aromatic rings. The highest BCUT2D eigenvalue weighted by atomic mass is 16.6. The van der Waals surface area contributed by atoms with Crippen LogP contribution >= 0.6 is 0 Å². The van der Waals surface area contributed by atoms with Crippen molar-refractivity contribution in [1.82, 2.24) is 4.90 Å². The summed E-state index contributed by atoms with van der Waals surface area (Å²) in [6.45, 7) is 6.43. The molecule has 1 aliphatic carbocycles. The number of ether oxygens (including phenoxy) is 1. The summed E-state index contributed by atoms with van der Waals surface area (Å²) in [4.78, 5) is 14.3. The highest BCUT2D eigenvalue weighted by Gasteiger charge is 2.55. The van der Waals surface area contributed by atoms with Crippen LogP contribution in [0, 0.1) is 0 Å². The first kappa shape index (κ1) is 13.3. The molecule has 1 aromatic carbocycles. The molecule has 4 nitrogen and oxygen atoms in total. The van der Waals surface area contributed by atoms with E-state index in [0.717, 1.165) is 24.9 Å². The largest absolute Gasteiger partial charge is 0.444 e. The maximum Gasteiger partial charge on any atom is 0.411 e. The molecule has 0 radical (unpaired) electrons. The molecule has 1 aliphatic heterocycles. The van der Waals surface area contributed by atoms with Crippen molar-refractivity contribution in [3.8, 4) is 0 Å². The summed E-state index contributed by atoms with van der Waals surface area (Å²) in [5.41, 5.74) is 8.61. The Morgan fingerprint density at radius 2 is 2.05 bits per heavy atom. The number of nitrogen functional groups attached to an aromatic ring is 1. The van der Waals surface area contributed by atoms with E-state index in [9.17, 15) is 4.79 Å². The first-order chi connectivity index (χ1) is 9.32. The van der Waals surface area contributed by atoms with E-state index < -0.39 is 5.60 Å². The zero-order valence-electron chi connectivity index (χ0n) is 12.4. The maximum atomic E-state index is 12.4. The zero-order chi connectivity index (χ0) is 14.5. The lowest BCUT2D eigenvalue weighted by Crippen LogP contribution is -2.47. The topological polar surface area (TPSA) is 55.6 Å². The molecular weight excluding hydrogens is 252 g/mol. The second kappa shape index (κ2) is 4.14. The van der Waals surface area contributed by atoms with Crippen LogP contribution in [0.4, 0.5) is 10.5 Å². The van der Waals surface area contributed by atoms with Gasteiger partial charge in [0.2, 0.25) is 0 Å². The monoisotopic (exact) mass is 274 g/mol. The minimum atomic E-state index is -0.450. The highest BCUT2D eigenvalue weighted by molar-refractivity contribution is 5.71. The summed E-state index contributed by atoms with van der Waals surface area (Å²) in [6.07, 6.45) is 2.69. The van der Waals surface area contributed by atoms with Crippen molar-refractivity contribution in [3.05, 3.63) is 29.3 Å². The molecule has 108 valence electrons. The Bertz CT molecular complexity index is 556. The Labute approximate surface area is 119 Å². The second-order valence-electron chi connectivity index (χ2n) is 6.83. The third kappa shape index (κ3) is 2.13. The molecule has 1 fully saturated rings. The van der Waals surface area contributed by atoms with Crippen molar-refractivity contribution in [2.45, 2.75) is 51.2 Å². The summed E-state index contributed by atoms with van der Waals surface area (Å²) < 4.78 is 5.55. The van der Waals surface area contributed by atoms with Gasteiger partial charge in [-0.25, -0.2) is 4.79 Å². The summed E-state index contributed by atoms with van der Waals surface area (Å²) in [7, 11) is 0. The normalized spacial score (nSPS) is 19.6. The summed E-state index contributed by atoms with van der Waals surface area (Å²) in [6, 6.07) is 6.05. The van der Waals surface area contributed by atoms with Crippen LogP contribution in [-0.2, 0) is 16.7 Å². The van der Waals surface area contributed by atoms with Crippen LogP contribution in [0.25, 0.3) is 0 Å². The van der Waals surface area contributed by atoms with Gasteiger partial charge in [0.05, 0.1) is 5.54 Å². The van der Waals surface area contributed by atoms with Crippen molar-refractivity contribution < 1.29 is 9.53 Å². The van der Waals surface area contributed by atoms with Gasteiger partial charge in [-0.3, -0.25) is 4.90 Å². The molecule has 1 heterocycles. The lowest BCUT2D eigenvalue weighted by atomic mass is 9.90. The van der Waals surface area contributed by atoms with E-state index in [0.29, 0.717) is 6.54 Å². The van der Waals surface area contributed by atoms with Gasteiger partial charge in [-0.05, 0) is 63.3 Å². The lowest BCUT2D eigenvalue weighted by Gasteiger charge is -2.38. The van der Waals surface area contributed by atoms with Crippen LogP contribution in [-0.4, -0.2) is 23.1 Å². The van der Waals surface area contributed by atoms with Gasteiger partial charge in [-0.1, -0.05) is 6.07 Å². The SMILES string of the molecule is CC(C)(C)OC(=O)N1CCc2cc(N)ccc2C12CC2. The van der Waals surface area contributed by atoms with E-state index in [1.807, 2.05) is 37.8 Å². The Morgan fingerprint density at radius 3 is 2.65 bits per heavy atom. The predicted molar refractivity (Wildman–Crippen MR) is 78.4 cm³/mol. The van der Waals surface area contributed by atoms with Crippen molar-refractivity contribution in [2.75, 3.05) is 12.3 Å². The van der Waals surface area contributed by atoms with E-state index in [4.69, 9.17) is 10.5 Å². The average Bonchev–Trinajstić information content (AvgIpc) is 3.07. The van der Waals surface area contributed by atoms with Crippen LogP contribution in [0.3, 0.4) is 0 Å². The minimum Gasteiger partial charge on any atom is -0.444 e. The Kier molecular flexibility index (Phi) is 2.75. The first-order valence-electron chi connectivity index (χ1n) is 7.21. The fourth-order valence-corrected chi connectivity index (χ4v) is 3.11. The van der Waals surface area contributed by atoms with Gasteiger partial charge < -0.3 is 10.5 Å². The van der Waals surface area contributed by atoms with Crippen molar-refractivity contribution in [3.63, 3.8) is 0 Å². The highest BCUT2D eigenvalue weighted by Crippen LogP contribution is 2.54. The van der Waals surface area contributed by atoms with Crippen LogP contribution in [0.15, 0.2) is 18.2 Å². The molecule has 1 spiro atoms. The quantitative estimate of drug-likeness (QED) is 0.740. The predicted octanol–water partition coefficient (Wildman–Crippen LogP) is 3.05. The van der Waals surface area contributed by atoms with Crippen molar-refractivity contribution in [1.29, 1.82) is 0 Å². The average molecular weight is 274 g/mol. The van der Waals surface area contributed by atoms with E-state index in [2.05, 4.69) is 6.07 Å². The van der Waals surface area contributed by atoms with Crippen molar-refractivity contribution in [2.24, 2.45) is 0 Å². The molecule has 0 saturated heterocycles. The number of nitrogens with zero attached hydrogens (tertiary/aromatic N) is 1. The van der Waals surface area contributed by atoms with E-state index in [-0.39, 0.29) is 11.6 Å². The zero-order valence-corrected chi connectivity index (χ0v) is 12.4. The van der Waals surface area contributed by atoms with E-state index in [1.54, 1.807) is 0 Å². The van der Waals surface area contributed by atoms with Gasteiger partial charge in [-0.2, -0.15) is 0 Å². The Morgan fingerprint density at radius 1 is 1.35 bits per heavy atom. The molecule has 1 saturated carbocycles. The molecule has 0 aromatic heterocycles. The first-order valence-corrected chi connectivity index (χ1v) is 7.21. The summed E-state index contributed by atoms with van der Waals surface area (Å²) >= 11 is 0. The Balaban J connectivity index is 1.90. The second-order valence-corrected chi connectivity index (χ2v) is 6.83. The van der Waals surface area contributed by atoms with Crippen LogP contribution in [0.1, 0.15) is 44.7 Å². The number of anilines is 1.